The summed E-state index contributed by atoms with van der Waals surface area (Å²) < 4.78 is 0. The number of nitrogens with one attached hydrogen (secondary N) is 1. The van der Waals surface area contributed by atoms with Gasteiger partial charge in [-0.15, -0.1) is 0 Å². The molecule has 7 heteroatoms. The fraction of sp³-hybridized carbons (Fsp3) is 0.500. The summed E-state index contributed by atoms with van der Waals surface area (Å²) in [5, 5.41) is 12.6. The smallest absolute Gasteiger partial charge is 0.243 e. The number of hydrogen-bond acceptors (Lipinski definition) is 6. The van der Waals surface area contributed by atoms with Crippen LogP contribution in [0.4, 0.5) is 5.82 Å². The maximum Gasteiger partial charge on any atom is 0.243 e. The van der Waals surface area contributed by atoms with Gasteiger partial charge in [-0.3, -0.25) is 4.79 Å². The summed E-state index contributed by atoms with van der Waals surface area (Å²) in [4.78, 5) is 26.5. The van der Waals surface area contributed by atoms with Crippen molar-refractivity contribution in [2.75, 3.05) is 44.7 Å². The van der Waals surface area contributed by atoms with E-state index in [2.05, 4.69) is 40.1 Å². The van der Waals surface area contributed by atoms with Gasteiger partial charge < -0.3 is 15.1 Å². The van der Waals surface area contributed by atoms with Crippen molar-refractivity contribution in [3.05, 3.63) is 30.0 Å². The van der Waals surface area contributed by atoms with Gasteiger partial charge in [0.15, 0.2) is 11.7 Å². The standard InChI is InChI=1S/C20H26N6O/c1-3-4-9-22-20(27)15(14-21)18-19(26-12-10-25(2)11-13-26)24-17-8-6-5-7-16(17)23-18/h5-8,15H,3-4,9-13H2,1-2H3,(H,22,27)/t15-/m0/s1. The van der Waals surface area contributed by atoms with Gasteiger partial charge in [-0.25, -0.2) is 9.97 Å². The summed E-state index contributed by atoms with van der Waals surface area (Å²) >= 11 is 0. The van der Waals surface area contributed by atoms with Crippen molar-refractivity contribution < 1.29 is 4.79 Å². The minimum Gasteiger partial charge on any atom is -0.355 e. The van der Waals surface area contributed by atoms with Crippen LogP contribution in [-0.4, -0.2) is 60.5 Å². The number of nitrogens with zero attached hydrogens (tertiary/aromatic N) is 5. The highest BCUT2D eigenvalue weighted by Gasteiger charge is 2.29. The first-order chi connectivity index (χ1) is 13.1. The second-order valence-corrected chi connectivity index (χ2v) is 6.92. The SMILES string of the molecule is CCCCNC(=O)[C@@H](C#N)c1nc2ccccc2nc1N1CCN(C)CC1. The number of likely N-dealkylation sites (N-methyl/N-ethyl adjacent to an activating group) is 1. The molecule has 3 rings (SSSR count). The fourth-order valence-corrected chi connectivity index (χ4v) is 3.18. The number of piperazine rings is 1. The van der Waals surface area contributed by atoms with Crippen molar-refractivity contribution in [3.8, 4) is 6.07 Å². The van der Waals surface area contributed by atoms with Gasteiger partial charge >= 0.3 is 0 Å². The number of para-hydroxylation sites is 2. The van der Waals surface area contributed by atoms with Crippen LogP contribution in [0, 0.1) is 11.3 Å². The van der Waals surface area contributed by atoms with Gasteiger partial charge in [0, 0.05) is 32.7 Å². The number of anilines is 1. The molecule has 0 spiro atoms. The zero-order chi connectivity index (χ0) is 19.2. The Morgan fingerprint density at radius 2 is 1.89 bits per heavy atom. The van der Waals surface area contributed by atoms with E-state index in [9.17, 15) is 10.1 Å². The molecule has 1 aliphatic heterocycles. The molecule has 142 valence electrons. The number of carbonyl (C=O) groups excluding carboxylic acids is 1. The number of hydrogen-bond donors (Lipinski definition) is 1. The number of nitriles is 1. The van der Waals surface area contributed by atoms with E-state index in [1.807, 2.05) is 24.3 Å². The maximum absolute atomic E-state index is 12.6. The minimum absolute atomic E-state index is 0.300. The van der Waals surface area contributed by atoms with Crippen molar-refractivity contribution in [1.82, 2.24) is 20.2 Å². The molecule has 7 nitrogen and oxygen atoms in total. The van der Waals surface area contributed by atoms with Crippen molar-refractivity contribution in [2.45, 2.75) is 25.7 Å². The van der Waals surface area contributed by atoms with Gasteiger partial charge in [0.05, 0.1) is 17.1 Å². The van der Waals surface area contributed by atoms with E-state index in [0.29, 0.717) is 23.6 Å². The number of benzene rings is 1. The fourth-order valence-electron chi connectivity index (χ4n) is 3.18. The molecule has 0 aliphatic carbocycles. The number of carbonyl (C=O) groups is 1. The third-order valence-electron chi connectivity index (χ3n) is 4.88. The first kappa shape index (κ1) is 19.1. The van der Waals surface area contributed by atoms with Crippen LogP contribution < -0.4 is 10.2 Å². The average molecular weight is 366 g/mol. The molecule has 0 unspecified atom stereocenters. The number of amides is 1. The van der Waals surface area contributed by atoms with Gasteiger partial charge in [0.1, 0.15) is 5.69 Å². The molecule has 1 aromatic carbocycles. The Bertz CT molecular complexity index is 838. The van der Waals surface area contributed by atoms with Crippen molar-refractivity contribution >= 4 is 22.8 Å². The molecule has 1 atom stereocenters. The van der Waals surface area contributed by atoms with Crippen LogP contribution in [0.3, 0.4) is 0 Å². The third-order valence-corrected chi connectivity index (χ3v) is 4.88. The van der Waals surface area contributed by atoms with Gasteiger partial charge in [-0.1, -0.05) is 25.5 Å². The van der Waals surface area contributed by atoms with Gasteiger partial charge in [0.2, 0.25) is 5.91 Å². The summed E-state index contributed by atoms with van der Waals surface area (Å²) in [6.07, 6.45) is 1.87. The van der Waals surface area contributed by atoms with E-state index < -0.39 is 5.92 Å². The lowest BCUT2D eigenvalue weighted by Crippen LogP contribution is -2.45. The Hall–Kier alpha value is -2.72. The predicted molar refractivity (Wildman–Crippen MR) is 106 cm³/mol. The Labute approximate surface area is 160 Å². The molecule has 0 bridgehead atoms. The van der Waals surface area contributed by atoms with Crippen LogP contribution >= 0.6 is 0 Å². The molecule has 1 saturated heterocycles. The van der Waals surface area contributed by atoms with E-state index in [0.717, 1.165) is 44.5 Å². The Morgan fingerprint density at radius 1 is 1.22 bits per heavy atom. The minimum atomic E-state index is -0.964. The number of rotatable bonds is 6. The highest BCUT2D eigenvalue weighted by Crippen LogP contribution is 2.28. The Morgan fingerprint density at radius 3 is 2.52 bits per heavy atom. The molecular formula is C20H26N6O. The summed E-state index contributed by atoms with van der Waals surface area (Å²) in [6, 6.07) is 9.73. The van der Waals surface area contributed by atoms with Gasteiger partial charge in [-0.2, -0.15) is 5.26 Å². The lowest BCUT2D eigenvalue weighted by Gasteiger charge is -2.34. The molecule has 1 aromatic heterocycles. The van der Waals surface area contributed by atoms with E-state index in [4.69, 9.17) is 4.98 Å². The van der Waals surface area contributed by atoms with Crippen LogP contribution in [0.5, 0.6) is 0 Å². The first-order valence-corrected chi connectivity index (χ1v) is 9.51. The number of fused-ring (bicyclic) bond motifs is 1. The van der Waals surface area contributed by atoms with Crippen molar-refractivity contribution in [3.63, 3.8) is 0 Å². The summed E-state index contributed by atoms with van der Waals surface area (Å²) in [5.41, 5.74) is 1.93. The van der Waals surface area contributed by atoms with Crippen LogP contribution in [0.2, 0.25) is 0 Å². The van der Waals surface area contributed by atoms with Crippen LogP contribution in [-0.2, 0) is 4.79 Å². The first-order valence-electron chi connectivity index (χ1n) is 9.51. The molecule has 1 N–H and O–H groups in total. The van der Waals surface area contributed by atoms with E-state index >= 15 is 0 Å². The molecular weight excluding hydrogens is 340 g/mol. The van der Waals surface area contributed by atoms with Crippen LogP contribution in [0.1, 0.15) is 31.4 Å². The average Bonchev–Trinajstić information content (AvgIpc) is 2.69. The molecule has 0 saturated carbocycles. The highest BCUT2D eigenvalue weighted by molar-refractivity contribution is 5.88. The van der Waals surface area contributed by atoms with Crippen molar-refractivity contribution in [2.24, 2.45) is 0 Å². The molecule has 2 heterocycles. The Kier molecular flexibility index (Phi) is 6.20. The molecule has 2 aromatic rings. The largest absolute Gasteiger partial charge is 0.355 e. The van der Waals surface area contributed by atoms with Gasteiger partial charge in [-0.05, 0) is 25.6 Å². The van der Waals surface area contributed by atoms with Crippen LogP contribution in [0.25, 0.3) is 11.0 Å². The molecule has 27 heavy (non-hydrogen) atoms. The maximum atomic E-state index is 12.6. The molecule has 1 amide bonds. The van der Waals surface area contributed by atoms with Crippen LogP contribution in [0.15, 0.2) is 24.3 Å². The topological polar surface area (TPSA) is 85.1 Å². The predicted octanol–water partition coefficient (Wildman–Crippen LogP) is 1.91. The second kappa shape index (κ2) is 8.78. The Balaban J connectivity index is 1.99. The third kappa shape index (κ3) is 4.34. The second-order valence-electron chi connectivity index (χ2n) is 6.92. The zero-order valence-corrected chi connectivity index (χ0v) is 16.0. The van der Waals surface area contributed by atoms with Gasteiger partial charge in [0.25, 0.3) is 0 Å². The quantitative estimate of drug-likeness (QED) is 0.786. The van der Waals surface area contributed by atoms with Crippen molar-refractivity contribution in [1.29, 1.82) is 5.26 Å². The number of aromatic nitrogens is 2. The molecule has 1 fully saturated rings. The molecule has 1 aliphatic rings. The zero-order valence-electron chi connectivity index (χ0n) is 16.0. The van der Waals surface area contributed by atoms with E-state index in [-0.39, 0.29) is 5.91 Å². The number of unbranched alkanes of at least 4 members (excludes halogenated alkanes) is 1. The normalized spacial score (nSPS) is 16.1. The summed E-state index contributed by atoms with van der Waals surface area (Å²) in [7, 11) is 2.09. The molecule has 0 radical (unpaired) electrons. The van der Waals surface area contributed by atoms with E-state index in [1.165, 1.54) is 0 Å². The van der Waals surface area contributed by atoms with E-state index in [1.54, 1.807) is 0 Å². The highest BCUT2D eigenvalue weighted by atomic mass is 16.1. The summed E-state index contributed by atoms with van der Waals surface area (Å²) in [6.45, 7) is 6.05. The monoisotopic (exact) mass is 366 g/mol. The summed E-state index contributed by atoms with van der Waals surface area (Å²) in [5.74, 6) is -0.612. The lowest BCUT2D eigenvalue weighted by atomic mass is 10.0. The lowest BCUT2D eigenvalue weighted by molar-refractivity contribution is -0.121.